The second-order valence-electron chi connectivity index (χ2n) is 9.55. The van der Waals surface area contributed by atoms with E-state index < -0.39 is 0 Å². The van der Waals surface area contributed by atoms with E-state index in [1.54, 1.807) is 0 Å². The molecule has 5 nitrogen and oxygen atoms in total. The van der Waals surface area contributed by atoms with Gasteiger partial charge in [-0.25, -0.2) is 5.48 Å². The van der Waals surface area contributed by atoms with E-state index >= 15 is 0 Å². The number of carbonyl (C=O) groups excluding carboxylic acids is 2. The van der Waals surface area contributed by atoms with Gasteiger partial charge >= 0.3 is 0 Å². The van der Waals surface area contributed by atoms with Gasteiger partial charge in [0.25, 0.3) is 5.91 Å². The molecule has 2 aromatic carbocycles. The summed E-state index contributed by atoms with van der Waals surface area (Å²) in [5.74, 6) is 0.996. The first-order chi connectivity index (χ1) is 15.9. The van der Waals surface area contributed by atoms with Crippen LogP contribution < -0.4 is 10.9 Å². The van der Waals surface area contributed by atoms with Gasteiger partial charge in [-0.2, -0.15) is 0 Å². The highest BCUT2D eigenvalue weighted by atomic mass is 16.6. The molecule has 0 bridgehead atoms. The van der Waals surface area contributed by atoms with E-state index in [4.69, 9.17) is 4.84 Å². The van der Waals surface area contributed by atoms with E-state index in [9.17, 15) is 9.59 Å². The summed E-state index contributed by atoms with van der Waals surface area (Å²) in [6, 6.07) is 14.4. The fourth-order valence-corrected chi connectivity index (χ4v) is 4.72. The Morgan fingerprint density at radius 2 is 1.94 bits per heavy atom. The fourth-order valence-electron chi connectivity index (χ4n) is 4.72. The van der Waals surface area contributed by atoms with Crippen LogP contribution >= 0.6 is 0 Å². The molecule has 1 heterocycles. The monoisotopic (exact) mass is 448 g/mol. The zero-order valence-corrected chi connectivity index (χ0v) is 20.5. The first-order valence-electron chi connectivity index (χ1n) is 12.1. The van der Waals surface area contributed by atoms with Crippen molar-refractivity contribution in [3.05, 3.63) is 64.7 Å². The molecule has 1 fully saturated rings. The summed E-state index contributed by atoms with van der Waals surface area (Å²) >= 11 is 0. The number of carbonyl (C=O) groups is 2. The van der Waals surface area contributed by atoms with E-state index in [-0.39, 0.29) is 17.7 Å². The number of nitrogens with zero attached hydrogens (tertiary/aromatic N) is 1. The number of aryl methyl sites for hydroxylation is 2. The molecule has 0 aliphatic carbocycles. The number of hydrogen-bond acceptors (Lipinski definition) is 3. The van der Waals surface area contributed by atoms with Crippen LogP contribution in [0, 0.1) is 12.8 Å². The van der Waals surface area contributed by atoms with Gasteiger partial charge in [0, 0.05) is 25.1 Å². The van der Waals surface area contributed by atoms with Crippen molar-refractivity contribution in [3.8, 4) is 0 Å². The number of nitrogens with one attached hydrogen (secondary N) is 1. The van der Waals surface area contributed by atoms with Crippen LogP contribution in [0.3, 0.4) is 0 Å². The van der Waals surface area contributed by atoms with Gasteiger partial charge in [0.15, 0.2) is 0 Å². The summed E-state index contributed by atoms with van der Waals surface area (Å²) in [7, 11) is 3.54. The molecule has 3 rings (SSSR count). The van der Waals surface area contributed by atoms with Crippen LogP contribution in [0.2, 0.25) is 0 Å². The summed E-state index contributed by atoms with van der Waals surface area (Å²) < 4.78 is 0. The topological polar surface area (TPSA) is 58.6 Å². The fraction of sp³-hybridized carbons (Fsp3) is 0.481. The van der Waals surface area contributed by atoms with Crippen LogP contribution in [0.25, 0.3) is 0 Å². The number of hydroxylamine groups is 1. The Hall–Kier alpha value is -2.60. The lowest BCUT2D eigenvalue weighted by Gasteiger charge is -2.31. The Morgan fingerprint density at radius 1 is 1.18 bits per heavy atom. The number of rotatable bonds is 9. The zero-order valence-electron chi connectivity index (χ0n) is 20.5. The summed E-state index contributed by atoms with van der Waals surface area (Å²) in [5.41, 5.74) is 7.79. The first kappa shape index (κ1) is 25.0. The van der Waals surface area contributed by atoms with Gasteiger partial charge in [-0.05, 0) is 79.7 Å². The van der Waals surface area contributed by atoms with Crippen molar-refractivity contribution in [2.24, 2.45) is 5.92 Å². The molecular formula is C27H37BN2O3. The molecule has 1 atom stereocenters. The van der Waals surface area contributed by atoms with Crippen molar-refractivity contribution in [2.75, 3.05) is 20.2 Å². The average Bonchev–Trinajstić information content (AvgIpc) is 2.80. The second kappa shape index (κ2) is 12.0. The van der Waals surface area contributed by atoms with E-state index in [2.05, 4.69) is 49.4 Å². The minimum atomic E-state index is -0.239. The van der Waals surface area contributed by atoms with E-state index in [0.717, 1.165) is 56.7 Å². The van der Waals surface area contributed by atoms with Gasteiger partial charge in [-0.15, -0.1) is 0 Å². The van der Waals surface area contributed by atoms with Crippen LogP contribution in [0.5, 0.6) is 0 Å². The number of benzene rings is 2. The lowest BCUT2D eigenvalue weighted by molar-refractivity contribution is -0.133. The Morgan fingerprint density at radius 3 is 2.61 bits per heavy atom. The molecule has 1 saturated heterocycles. The van der Waals surface area contributed by atoms with Crippen LogP contribution in [0.1, 0.15) is 72.0 Å². The van der Waals surface area contributed by atoms with Gasteiger partial charge in [0.2, 0.25) is 5.91 Å². The molecule has 0 spiro atoms. The van der Waals surface area contributed by atoms with Crippen molar-refractivity contribution in [1.29, 1.82) is 0 Å². The van der Waals surface area contributed by atoms with Crippen molar-refractivity contribution in [3.63, 3.8) is 0 Å². The highest BCUT2D eigenvalue weighted by molar-refractivity contribution is 6.32. The molecule has 176 valence electrons. The van der Waals surface area contributed by atoms with Crippen molar-refractivity contribution < 1.29 is 14.4 Å². The lowest BCUT2D eigenvalue weighted by atomic mass is 9.85. The predicted octanol–water partition coefficient (Wildman–Crippen LogP) is 3.30. The molecule has 1 aliphatic heterocycles. The van der Waals surface area contributed by atoms with Crippen LogP contribution in [-0.2, 0) is 16.1 Å². The predicted molar refractivity (Wildman–Crippen MR) is 136 cm³/mol. The Labute approximate surface area is 199 Å². The normalized spacial score (nSPS) is 15.3. The molecule has 1 unspecified atom stereocenters. The van der Waals surface area contributed by atoms with Crippen LogP contribution in [0.15, 0.2) is 42.5 Å². The standard InChI is InChI=1S/C27H37BN2O3/c1-19-12-14-30(15-13-19)26(31)18-23(22-8-5-9-25(28)17-22)7-4-6-21-10-11-24(16-20(21)2)27(32)29-33-3/h5,8-11,16-17,19,23H,4,6-7,12-15,18,28H2,1-3H3,(H,29,32). The van der Waals surface area contributed by atoms with Crippen molar-refractivity contribution in [1.82, 2.24) is 10.4 Å². The summed E-state index contributed by atoms with van der Waals surface area (Å²) in [4.78, 5) is 31.9. The van der Waals surface area contributed by atoms with Crippen LogP contribution in [-0.4, -0.2) is 44.8 Å². The Kier molecular flexibility index (Phi) is 9.13. The third-order valence-electron chi connectivity index (χ3n) is 6.87. The van der Waals surface area contributed by atoms with E-state index in [1.807, 2.05) is 25.1 Å². The summed E-state index contributed by atoms with van der Waals surface area (Å²) in [6.45, 7) is 6.10. The smallest absolute Gasteiger partial charge is 0.274 e. The van der Waals surface area contributed by atoms with Crippen LogP contribution in [0.4, 0.5) is 0 Å². The van der Waals surface area contributed by atoms with Crippen molar-refractivity contribution in [2.45, 2.75) is 58.3 Å². The number of amides is 2. The van der Waals surface area contributed by atoms with Crippen molar-refractivity contribution >= 4 is 25.1 Å². The Bertz CT molecular complexity index is 954. The molecule has 2 amide bonds. The summed E-state index contributed by atoms with van der Waals surface area (Å²) in [6.07, 6.45) is 5.68. The molecule has 1 N–H and O–H groups in total. The molecule has 1 aliphatic rings. The second-order valence-corrected chi connectivity index (χ2v) is 9.55. The summed E-state index contributed by atoms with van der Waals surface area (Å²) in [5, 5.41) is 0. The minimum Gasteiger partial charge on any atom is -0.343 e. The molecule has 0 radical (unpaired) electrons. The van der Waals surface area contributed by atoms with E-state index in [1.165, 1.54) is 23.7 Å². The maximum absolute atomic E-state index is 13.1. The number of hydrogen-bond donors (Lipinski definition) is 1. The lowest BCUT2D eigenvalue weighted by Crippen LogP contribution is -2.38. The van der Waals surface area contributed by atoms with Gasteiger partial charge in [0.05, 0.1) is 7.11 Å². The Balaban J connectivity index is 1.64. The average molecular weight is 448 g/mol. The number of likely N-dealkylation sites (tertiary alicyclic amines) is 1. The SMILES string of the molecule is Bc1cccc(C(CCCc2ccc(C(=O)NOC)cc2C)CC(=O)N2CCC(C)CC2)c1. The van der Waals surface area contributed by atoms with Gasteiger partial charge in [0.1, 0.15) is 7.85 Å². The maximum atomic E-state index is 13.1. The van der Waals surface area contributed by atoms with E-state index in [0.29, 0.717) is 12.0 Å². The number of piperidine rings is 1. The quantitative estimate of drug-likeness (QED) is 0.473. The highest BCUT2D eigenvalue weighted by Crippen LogP contribution is 2.28. The maximum Gasteiger partial charge on any atom is 0.274 e. The molecule has 33 heavy (non-hydrogen) atoms. The van der Waals surface area contributed by atoms with Gasteiger partial charge in [-0.3, -0.25) is 14.4 Å². The largest absolute Gasteiger partial charge is 0.343 e. The molecule has 6 heteroatoms. The molecule has 0 saturated carbocycles. The van der Waals surface area contributed by atoms with Gasteiger partial charge < -0.3 is 4.90 Å². The molecular weight excluding hydrogens is 411 g/mol. The van der Waals surface area contributed by atoms with Gasteiger partial charge in [-0.1, -0.05) is 42.7 Å². The first-order valence-corrected chi connectivity index (χ1v) is 12.1. The minimum absolute atomic E-state index is 0.226. The highest BCUT2D eigenvalue weighted by Gasteiger charge is 2.24. The zero-order chi connectivity index (χ0) is 23.8. The molecule has 0 aromatic heterocycles. The molecule has 2 aromatic rings. The third kappa shape index (κ3) is 7.19. The third-order valence-corrected chi connectivity index (χ3v) is 6.87.